The highest BCUT2D eigenvalue weighted by Gasteiger charge is 2.36. The Morgan fingerprint density at radius 2 is 1.61 bits per heavy atom. The van der Waals surface area contributed by atoms with Crippen LogP contribution < -0.4 is 14.4 Å². The first kappa shape index (κ1) is 23.4. The summed E-state index contributed by atoms with van der Waals surface area (Å²) in [6.45, 7) is 3.30. The maximum atomic E-state index is 13.3. The van der Waals surface area contributed by atoms with Gasteiger partial charge >= 0.3 is 0 Å². The lowest BCUT2D eigenvalue weighted by Gasteiger charge is -2.39. The van der Waals surface area contributed by atoms with Gasteiger partial charge in [-0.25, -0.2) is 8.42 Å². The number of carbonyl (C=O) groups is 1. The molecule has 0 unspecified atom stereocenters. The summed E-state index contributed by atoms with van der Waals surface area (Å²) in [5.74, 6) is 1.16. The third-order valence-electron chi connectivity index (χ3n) is 6.45. The standard InChI is InChI=1S/C24H31N3O5S/c1-31-20-9-11-21(12-10-20)33(29,30)27-13-5-6-19(18-27)24(28)26-16-14-25(15-17-26)22-7-3-4-8-23(22)32-2/h3-4,7-12,19H,5-6,13-18H2,1-2H3/t19-/m0/s1. The monoisotopic (exact) mass is 473 g/mol. The van der Waals surface area contributed by atoms with Crippen molar-refractivity contribution >= 4 is 21.6 Å². The second kappa shape index (κ2) is 10.0. The number of methoxy groups -OCH3 is 2. The fraction of sp³-hybridized carbons (Fsp3) is 0.458. The smallest absolute Gasteiger partial charge is 0.243 e. The van der Waals surface area contributed by atoms with Crippen LogP contribution in [0.4, 0.5) is 5.69 Å². The molecule has 2 aromatic carbocycles. The normalized spacial score (nSPS) is 19.9. The van der Waals surface area contributed by atoms with Gasteiger partial charge in [0, 0.05) is 39.3 Å². The van der Waals surface area contributed by atoms with Crippen molar-refractivity contribution in [3.63, 3.8) is 0 Å². The zero-order chi connectivity index (χ0) is 23.4. The summed E-state index contributed by atoms with van der Waals surface area (Å²) >= 11 is 0. The molecule has 33 heavy (non-hydrogen) atoms. The van der Waals surface area contributed by atoms with E-state index in [4.69, 9.17) is 9.47 Å². The Morgan fingerprint density at radius 3 is 2.27 bits per heavy atom. The number of nitrogens with zero attached hydrogens (tertiary/aromatic N) is 3. The van der Waals surface area contributed by atoms with Gasteiger partial charge in [-0.1, -0.05) is 12.1 Å². The molecule has 2 fully saturated rings. The van der Waals surface area contributed by atoms with Crippen LogP contribution in [0.2, 0.25) is 0 Å². The largest absolute Gasteiger partial charge is 0.497 e. The van der Waals surface area contributed by atoms with Gasteiger partial charge in [-0.15, -0.1) is 0 Å². The highest BCUT2D eigenvalue weighted by molar-refractivity contribution is 7.89. The van der Waals surface area contributed by atoms with Gasteiger partial charge in [0.05, 0.1) is 30.7 Å². The fourth-order valence-corrected chi connectivity index (χ4v) is 6.10. The number of amides is 1. The first-order valence-corrected chi connectivity index (χ1v) is 12.7. The van der Waals surface area contributed by atoms with Crippen molar-refractivity contribution in [1.82, 2.24) is 9.21 Å². The zero-order valence-corrected chi connectivity index (χ0v) is 20.0. The second-order valence-electron chi connectivity index (χ2n) is 8.36. The number of piperazine rings is 1. The molecule has 4 rings (SSSR count). The number of para-hydroxylation sites is 2. The molecule has 2 saturated heterocycles. The van der Waals surface area contributed by atoms with Crippen LogP contribution in [0.25, 0.3) is 0 Å². The summed E-state index contributed by atoms with van der Waals surface area (Å²) in [5, 5.41) is 0. The Hall–Kier alpha value is -2.78. The van der Waals surface area contributed by atoms with Crippen molar-refractivity contribution in [2.45, 2.75) is 17.7 Å². The predicted molar refractivity (Wildman–Crippen MR) is 126 cm³/mol. The molecule has 0 radical (unpaired) electrons. The summed E-state index contributed by atoms with van der Waals surface area (Å²) in [6, 6.07) is 14.3. The minimum atomic E-state index is -3.65. The summed E-state index contributed by atoms with van der Waals surface area (Å²) in [4.78, 5) is 17.6. The van der Waals surface area contributed by atoms with Crippen LogP contribution in [0, 0.1) is 5.92 Å². The van der Waals surface area contributed by atoms with Gasteiger partial charge in [0.25, 0.3) is 0 Å². The number of rotatable bonds is 6. The molecule has 0 spiro atoms. The van der Waals surface area contributed by atoms with Crippen molar-refractivity contribution in [2.75, 3.05) is 58.4 Å². The minimum Gasteiger partial charge on any atom is -0.497 e. The highest BCUT2D eigenvalue weighted by Crippen LogP contribution is 2.30. The Balaban J connectivity index is 1.39. The molecular weight excluding hydrogens is 442 g/mol. The molecule has 0 aromatic heterocycles. The van der Waals surface area contributed by atoms with Crippen LogP contribution in [-0.4, -0.2) is 77.0 Å². The van der Waals surface area contributed by atoms with Crippen molar-refractivity contribution < 1.29 is 22.7 Å². The quantitative estimate of drug-likeness (QED) is 0.641. The number of piperidine rings is 1. The lowest BCUT2D eigenvalue weighted by atomic mass is 9.97. The second-order valence-corrected chi connectivity index (χ2v) is 10.3. The number of hydrogen-bond donors (Lipinski definition) is 0. The van der Waals surface area contributed by atoms with E-state index in [1.54, 1.807) is 38.5 Å². The Bertz CT molecular complexity index is 1070. The maximum Gasteiger partial charge on any atom is 0.243 e. The first-order chi connectivity index (χ1) is 15.9. The van der Waals surface area contributed by atoms with Gasteiger partial charge in [-0.05, 0) is 49.2 Å². The predicted octanol–water partition coefficient (Wildman–Crippen LogP) is 2.45. The number of hydrogen-bond acceptors (Lipinski definition) is 6. The number of ether oxygens (including phenoxy) is 2. The highest BCUT2D eigenvalue weighted by atomic mass is 32.2. The average Bonchev–Trinajstić information content (AvgIpc) is 2.88. The first-order valence-electron chi connectivity index (χ1n) is 11.2. The number of anilines is 1. The summed E-state index contributed by atoms with van der Waals surface area (Å²) in [6.07, 6.45) is 1.38. The lowest BCUT2D eigenvalue weighted by Crippen LogP contribution is -2.53. The van der Waals surface area contributed by atoms with E-state index in [9.17, 15) is 13.2 Å². The van der Waals surface area contributed by atoms with E-state index in [0.29, 0.717) is 51.3 Å². The molecule has 9 heteroatoms. The van der Waals surface area contributed by atoms with Gasteiger partial charge in [-0.3, -0.25) is 4.79 Å². The van der Waals surface area contributed by atoms with Gasteiger partial charge in [0.15, 0.2) is 0 Å². The summed E-state index contributed by atoms with van der Waals surface area (Å²) in [7, 11) is -0.449. The van der Waals surface area contributed by atoms with E-state index in [1.807, 2.05) is 29.2 Å². The molecular formula is C24H31N3O5S. The number of benzene rings is 2. The van der Waals surface area contributed by atoms with Crippen LogP contribution in [0.5, 0.6) is 11.5 Å². The molecule has 2 heterocycles. The van der Waals surface area contributed by atoms with Crippen LogP contribution >= 0.6 is 0 Å². The molecule has 178 valence electrons. The maximum absolute atomic E-state index is 13.3. The topological polar surface area (TPSA) is 79.4 Å². The van der Waals surface area contributed by atoms with E-state index >= 15 is 0 Å². The molecule has 2 aromatic rings. The van der Waals surface area contributed by atoms with Crippen LogP contribution in [0.15, 0.2) is 53.4 Å². The van der Waals surface area contributed by atoms with E-state index in [0.717, 1.165) is 11.4 Å². The summed E-state index contributed by atoms with van der Waals surface area (Å²) in [5.41, 5.74) is 1.03. The molecule has 1 amide bonds. The molecule has 0 bridgehead atoms. The van der Waals surface area contributed by atoms with Gasteiger partial charge in [-0.2, -0.15) is 4.31 Å². The molecule has 2 aliphatic heterocycles. The van der Waals surface area contributed by atoms with E-state index < -0.39 is 10.0 Å². The molecule has 0 aliphatic carbocycles. The van der Waals surface area contributed by atoms with Crippen molar-refractivity contribution in [1.29, 1.82) is 0 Å². The van der Waals surface area contributed by atoms with E-state index in [-0.39, 0.29) is 23.3 Å². The molecule has 2 aliphatic rings. The van der Waals surface area contributed by atoms with Crippen LogP contribution in [-0.2, 0) is 14.8 Å². The number of carbonyl (C=O) groups excluding carboxylic acids is 1. The molecule has 8 nitrogen and oxygen atoms in total. The van der Waals surface area contributed by atoms with Gasteiger partial charge in [0.2, 0.25) is 15.9 Å². The third-order valence-corrected chi connectivity index (χ3v) is 8.33. The van der Waals surface area contributed by atoms with Crippen molar-refractivity contribution in [3.8, 4) is 11.5 Å². The zero-order valence-electron chi connectivity index (χ0n) is 19.1. The van der Waals surface area contributed by atoms with Crippen LogP contribution in [0.3, 0.4) is 0 Å². The van der Waals surface area contributed by atoms with E-state index in [2.05, 4.69) is 4.90 Å². The van der Waals surface area contributed by atoms with Crippen LogP contribution in [0.1, 0.15) is 12.8 Å². The van der Waals surface area contributed by atoms with Gasteiger partial charge in [0.1, 0.15) is 11.5 Å². The SMILES string of the molecule is COc1ccc(S(=O)(=O)N2CCC[C@H](C(=O)N3CCN(c4ccccc4OC)CC3)C2)cc1. The van der Waals surface area contributed by atoms with Crippen molar-refractivity contribution in [2.24, 2.45) is 5.92 Å². The Labute approximate surface area is 195 Å². The third kappa shape index (κ3) is 4.94. The van der Waals surface area contributed by atoms with Gasteiger partial charge < -0.3 is 19.3 Å². The van der Waals surface area contributed by atoms with Crippen molar-refractivity contribution in [3.05, 3.63) is 48.5 Å². The Morgan fingerprint density at radius 1 is 0.909 bits per heavy atom. The minimum absolute atomic E-state index is 0.0457. The molecule has 1 atom stereocenters. The average molecular weight is 474 g/mol. The molecule has 0 saturated carbocycles. The molecule has 0 N–H and O–H groups in total. The fourth-order valence-electron chi connectivity index (χ4n) is 4.58. The van der Waals surface area contributed by atoms with E-state index in [1.165, 1.54) is 4.31 Å². The lowest BCUT2D eigenvalue weighted by molar-refractivity contribution is -0.137. The number of sulfonamides is 1. The summed E-state index contributed by atoms with van der Waals surface area (Å²) < 4.78 is 38.3. The Kier molecular flexibility index (Phi) is 7.09.